The van der Waals surface area contributed by atoms with Crippen LogP contribution in [-0.4, -0.2) is 9.13 Å². The molecule has 0 saturated carbocycles. The maximum Gasteiger partial charge on any atom is 0.101 e. The van der Waals surface area contributed by atoms with Gasteiger partial charge in [0.05, 0.1) is 56.6 Å². The zero-order valence-corrected chi connectivity index (χ0v) is 26.7. The van der Waals surface area contributed by atoms with Gasteiger partial charge in [0.25, 0.3) is 0 Å². The van der Waals surface area contributed by atoms with Crippen molar-refractivity contribution in [3.05, 3.63) is 168 Å². The van der Waals surface area contributed by atoms with E-state index in [4.69, 9.17) is 0 Å². The Morgan fingerprint density at radius 2 is 0.920 bits per heavy atom. The molecule has 0 amide bonds. The van der Waals surface area contributed by atoms with Gasteiger partial charge in [-0.2, -0.15) is 15.8 Å². The lowest BCUT2D eigenvalue weighted by molar-refractivity contribution is 1.16. The molecule has 5 nitrogen and oxygen atoms in total. The van der Waals surface area contributed by atoms with Crippen LogP contribution >= 0.6 is 0 Å². The van der Waals surface area contributed by atoms with E-state index >= 15 is 0 Å². The van der Waals surface area contributed by atoms with E-state index in [1.165, 1.54) is 10.8 Å². The molecule has 0 fully saturated rings. The van der Waals surface area contributed by atoms with Gasteiger partial charge in [-0.05, 0) is 83.4 Å². The summed E-state index contributed by atoms with van der Waals surface area (Å²) in [4.78, 5) is 0. The van der Waals surface area contributed by atoms with Crippen LogP contribution in [0.1, 0.15) is 16.7 Å². The minimum Gasteiger partial charge on any atom is -0.309 e. The first-order valence-electron chi connectivity index (χ1n) is 16.3. The third kappa shape index (κ3) is 4.31. The average Bonchev–Trinajstić information content (AvgIpc) is 3.70. The molecule has 0 atom stereocenters. The van der Waals surface area contributed by atoms with Gasteiger partial charge in [-0.15, -0.1) is 0 Å². The van der Waals surface area contributed by atoms with Gasteiger partial charge in [0.15, 0.2) is 0 Å². The van der Waals surface area contributed by atoms with Crippen molar-refractivity contribution in [3.63, 3.8) is 0 Å². The molecule has 9 rings (SSSR count). The summed E-state index contributed by atoms with van der Waals surface area (Å²) in [5, 5.41) is 34.9. The summed E-state index contributed by atoms with van der Waals surface area (Å²) in [5.41, 5.74) is 10.7. The molecule has 230 valence electrons. The van der Waals surface area contributed by atoms with Crippen LogP contribution in [0.4, 0.5) is 0 Å². The summed E-state index contributed by atoms with van der Waals surface area (Å²) in [7, 11) is 0. The maximum absolute atomic E-state index is 10.5. The lowest BCUT2D eigenvalue weighted by atomic mass is 9.92. The Morgan fingerprint density at radius 3 is 1.58 bits per heavy atom. The van der Waals surface area contributed by atoms with Crippen LogP contribution < -0.4 is 0 Å². The second kappa shape index (κ2) is 11.4. The standard InChI is InChI=1S/C45H25N5/c46-26-29-19-22-43-39(23-29)38-15-3-6-18-42(38)50(43)45-34(28-48)21-20-33(27-47)44(45)32-11-7-9-30(24-32)31-10-8-12-35(25-31)49-40-16-4-1-13-36(40)37-14-2-5-17-41(37)49/h1-25H. The van der Waals surface area contributed by atoms with Crippen molar-refractivity contribution in [2.24, 2.45) is 0 Å². The quantitative estimate of drug-likeness (QED) is 0.193. The highest BCUT2D eigenvalue weighted by Crippen LogP contribution is 2.41. The van der Waals surface area contributed by atoms with Gasteiger partial charge in [-0.1, -0.05) is 84.9 Å². The molecule has 7 aromatic carbocycles. The summed E-state index contributed by atoms with van der Waals surface area (Å²) < 4.78 is 4.37. The minimum atomic E-state index is 0.449. The van der Waals surface area contributed by atoms with Crippen molar-refractivity contribution in [1.82, 2.24) is 9.13 Å². The maximum atomic E-state index is 10.5. The van der Waals surface area contributed by atoms with Gasteiger partial charge in [0.2, 0.25) is 0 Å². The lowest BCUT2D eigenvalue weighted by Crippen LogP contribution is -2.03. The predicted octanol–water partition coefficient (Wildman–Crippen LogP) is 10.8. The number of nitrogens with zero attached hydrogens (tertiary/aromatic N) is 5. The van der Waals surface area contributed by atoms with Crippen LogP contribution in [0.3, 0.4) is 0 Å². The summed E-state index contributed by atoms with van der Waals surface area (Å²) in [5.74, 6) is 0. The Morgan fingerprint density at radius 1 is 0.380 bits per heavy atom. The summed E-state index contributed by atoms with van der Waals surface area (Å²) in [6.07, 6.45) is 0. The molecule has 0 radical (unpaired) electrons. The smallest absolute Gasteiger partial charge is 0.101 e. The molecule has 0 aliphatic heterocycles. The number of hydrogen-bond donors (Lipinski definition) is 0. The van der Waals surface area contributed by atoms with E-state index in [1.807, 2.05) is 48.5 Å². The molecule has 5 heteroatoms. The van der Waals surface area contributed by atoms with E-state index in [0.29, 0.717) is 27.9 Å². The highest BCUT2D eigenvalue weighted by atomic mass is 15.0. The highest BCUT2D eigenvalue weighted by Gasteiger charge is 2.22. The van der Waals surface area contributed by atoms with E-state index < -0.39 is 0 Å². The van der Waals surface area contributed by atoms with E-state index in [1.54, 1.807) is 18.2 Å². The van der Waals surface area contributed by atoms with E-state index in [-0.39, 0.29) is 0 Å². The molecule has 0 N–H and O–H groups in total. The van der Waals surface area contributed by atoms with Crippen molar-refractivity contribution >= 4 is 43.6 Å². The van der Waals surface area contributed by atoms with Crippen LogP contribution in [0.2, 0.25) is 0 Å². The molecule has 0 unspecified atom stereocenters. The topological polar surface area (TPSA) is 81.2 Å². The van der Waals surface area contributed by atoms with Gasteiger partial charge >= 0.3 is 0 Å². The highest BCUT2D eigenvalue weighted by molar-refractivity contribution is 6.11. The van der Waals surface area contributed by atoms with E-state index in [0.717, 1.165) is 55.2 Å². The Labute approximate surface area is 287 Å². The Kier molecular flexibility index (Phi) is 6.56. The molecule has 50 heavy (non-hydrogen) atoms. The van der Waals surface area contributed by atoms with E-state index in [2.05, 4.69) is 112 Å². The summed E-state index contributed by atoms with van der Waals surface area (Å²) in [6.45, 7) is 0. The molecule has 2 heterocycles. The van der Waals surface area contributed by atoms with Crippen molar-refractivity contribution in [2.45, 2.75) is 0 Å². The number of fused-ring (bicyclic) bond motifs is 6. The van der Waals surface area contributed by atoms with Crippen molar-refractivity contribution in [1.29, 1.82) is 15.8 Å². The fourth-order valence-corrected chi connectivity index (χ4v) is 7.46. The van der Waals surface area contributed by atoms with Crippen LogP contribution in [0, 0.1) is 34.0 Å². The molecule has 0 aliphatic rings. The Hall–Kier alpha value is -7.39. The number of aromatic nitrogens is 2. The fraction of sp³-hybridized carbons (Fsp3) is 0. The van der Waals surface area contributed by atoms with Gasteiger partial charge in [-0.25, -0.2) is 0 Å². The van der Waals surface area contributed by atoms with Crippen LogP contribution in [-0.2, 0) is 0 Å². The van der Waals surface area contributed by atoms with Crippen LogP contribution in [0.15, 0.2) is 152 Å². The van der Waals surface area contributed by atoms with Crippen LogP contribution in [0.5, 0.6) is 0 Å². The fourth-order valence-electron chi connectivity index (χ4n) is 7.46. The summed E-state index contributed by atoms with van der Waals surface area (Å²) >= 11 is 0. The number of hydrogen-bond acceptors (Lipinski definition) is 3. The predicted molar refractivity (Wildman–Crippen MR) is 200 cm³/mol. The zero-order chi connectivity index (χ0) is 33.8. The van der Waals surface area contributed by atoms with Crippen LogP contribution in [0.25, 0.3) is 77.2 Å². The molecule has 0 spiro atoms. The molecule has 0 saturated heterocycles. The Balaban J connectivity index is 1.27. The van der Waals surface area contributed by atoms with Crippen molar-refractivity contribution in [2.75, 3.05) is 0 Å². The molecule has 0 bridgehead atoms. The molecule has 2 aromatic heterocycles. The van der Waals surface area contributed by atoms with Gasteiger partial charge < -0.3 is 9.13 Å². The largest absolute Gasteiger partial charge is 0.309 e. The first-order chi connectivity index (χ1) is 24.7. The number of para-hydroxylation sites is 3. The van der Waals surface area contributed by atoms with Gasteiger partial charge in [-0.3, -0.25) is 0 Å². The third-order valence-electron chi connectivity index (χ3n) is 9.61. The first-order valence-corrected chi connectivity index (χ1v) is 16.3. The zero-order valence-electron chi connectivity index (χ0n) is 26.7. The normalized spacial score (nSPS) is 11.1. The van der Waals surface area contributed by atoms with Gasteiger partial charge in [0, 0.05) is 32.8 Å². The summed E-state index contributed by atoms with van der Waals surface area (Å²) in [6, 6.07) is 57.8. The van der Waals surface area contributed by atoms with Crippen molar-refractivity contribution < 1.29 is 0 Å². The molecular weight excluding hydrogens is 611 g/mol. The van der Waals surface area contributed by atoms with E-state index in [9.17, 15) is 15.8 Å². The SMILES string of the molecule is N#Cc1ccc2c(c1)c1ccccc1n2-c1c(C#N)ccc(C#N)c1-c1cccc(-c2cccc(-n3c4ccccc4c4ccccc43)c2)c1. The number of rotatable bonds is 4. The minimum absolute atomic E-state index is 0.449. The average molecular weight is 636 g/mol. The third-order valence-corrected chi connectivity index (χ3v) is 9.61. The first kappa shape index (κ1) is 28.8. The van der Waals surface area contributed by atoms with Crippen molar-refractivity contribution in [3.8, 4) is 51.8 Å². The molecule has 9 aromatic rings. The monoisotopic (exact) mass is 635 g/mol. The number of benzene rings is 7. The van der Waals surface area contributed by atoms with Gasteiger partial charge in [0.1, 0.15) is 6.07 Å². The molecule has 0 aliphatic carbocycles. The second-order valence-corrected chi connectivity index (χ2v) is 12.3. The number of nitriles is 3. The lowest BCUT2D eigenvalue weighted by Gasteiger charge is -2.18. The second-order valence-electron chi connectivity index (χ2n) is 12.3. The molecular formula is C45H25N5. The Bertz CT molecular complexity index is 2920.